The van der Waals surface area contributed by atoms with Gasteiger partial charge in [-0.1, -0.05) is 18.2 Å². The van der Waals surface area contributed by atoms with Gasteiger partial charge in [0.1, 0.15) is 5.75 Å². The van der Waals surface area contributed by atoms with Crippen LogP contribution in [0, 0.1) is 23.7 Å². The minimum Gasteiger partial charge on any atom is -0.507 e. The van der Waals surface area contributed by atoms with Gasteiger partial charge in [-0.3, -0.25) is 28.9 Å². The lowest BCUT2D eigenvalue weighted by molar-refractivity contribution is -0.181. The Morgan fingerprint density at radius 3 is 2.36 bits per heavy atom. The molecular formula is C31H33ClN4O8. The van der Waals surface area contributed by atoms with Crippen LogP contribution in [-0.2, 0) is 25.6 Å². The van der Waals surface area contributed by atoms with Crippen molar-refractivity contribution in [3.8, 4) is 16.9 Å². The number of anilines is 1. The number of nitrogens with two attached hydrogens (primary N) is 1. The van der Waals surface area contributed by atoms with Crippen LogP contribution in [-0.4, -0.2) is 88.3 Å². The second-order valence-corrected chi connectivity index (χ2v) is 12.2. The molecular weight excluding hydrogens is 592 g/mol. The van der Waals surface area contributed by atoms with E-state index >= 15 is 0 Å². The molecule has 5 rings (SSSR count). The Hall–Kier alpha value is -4.13. The lowest BCUT2D eigenvalue weighted by atomic mass is 9.52. The first kappa shape index (κ1) is 31.3. The first-order valence-corrected chi connectivity index (χ1v) is 14.8. The van der Waals surface area contributed by atoms with Crippen molar-refractivity contribution in [1.29, 1.82) is 0 Å². The van der Waals surface area contributed by atoms with E-state index in [1.165, 1.54) is 25.1 Å². The average Bonchev–Trinajstić information content (AvgIpc) is 2.95. The summed E-state index contributed by atoms with van der Waals surface area (Å²) in [6.45, 7) is 0.424. The van der Waals surface area contributed by atoms with Crippen LogP contribution in [0.2, 0.25) is 0 Å². The Morgan fingerprint density at radius 2 is 1.75 bits per heavy atom. The molecule has 2 aromatic carbocycles. The molecule has 0 spiro atoms. The average molecular weight is 625 g/mol. The van der Waals surface area contributed by atoms with Crippen molar-refractivity contribution in [2.45, 2.75) is 30.9 Å². The number of hydrogen-bond donors (Lipinski definition) is 5. The number of phenols is 1. The predicted molar refractivity (Wildman–Crippen MR) is 159 cm³/mol. The molecule has 2 aromatic rings. The van der Waals surface area contributed by atoms with Crippen LogP contribution in [0.1, 0.15) is 28.8 Å². The van der Waals surface area contributed by atoms with Crippen LogP contribution < -0.4 is 16.4 Å². The Bertz CT molecular complexity index is 1570. The summed E-state index contributed by atoms with van der Waals surface area (Å²) in [4.78, 5) is 80.2. The highest BCUT2D eigenvalue weighted by molar-refractivity contribution is 6.32. The van der Waals surface area contributed by atoms with E-state index < -0.39 is 64.4 Å². The molecule has 6 atom stereocenters. The second kappa shape index (κ2) is 11.8. The number of carbonyl (C=O) groups excluding carboxylic acids is 6. The fraction of sp³-hybridized carbons (Fsp3) is 0.419. The summed E-state index contributed by atoms with van der Waals surface area (Å²) in [5.74, 6) is -10.5. The first-order chi connectivity index (χ1) is 20.8. The Balaban J connectivity index is 1.51. The van der Waals surface area contributed by atoms with Crippen LogP contribution in [0.5, 0.6) is 5.75 Å². The quantitative estimate of drug-likeness (QED) is 0.171. The van der Waals surface area contributed by atoms with Gasteiger partial charge in [-0.05, 0) is 74.2 Å². The number of aromatic hydroxyl groups is 1. The van der Waals surface area contributed by atoms with Crippen LogP contribution in [0.3, 0.4) is 0 Å². The molecule has 232 valence electrons. The van der Waals surface area contributed by atoms with E-state index in [0.717, 1.165) is 0 Å². The standard InChI is InChI=1S/C31H33ClN4O8/c1-36(2)24-19-13-15-12-18-17(14-4-6-16(7-5-14)35-30(43)34-11-3-10-32)8-9-20(37)22(18)25(38)21(15)27(40)31(19,44)28(41)23(26(24)39)29(33)42/h4-9,15,19,21,23-24,37,44H,3,10-13H2,1-2H3,(H2,33,42)(H2,34,35,43)/t15-,19-,21?,23?,24-,31-/m0/s1. The number of likely N-dealkylation sites (N-methyl/N-ethyl adjacent to an activating group) is 1. The molecule has 3 amide bonds. The molecule has 0 bridgehead atoms. The smallest absolute Gasteiger partial charge is 0.319 e. The lowest BCUT2D eigenvalue weighted by Gasteiger charge is -2.52. The predicted octanol–water partition coefficient (Wildman–Crippen LogP) is 1.28. The third-order valence-corrected chi connectivity index (χ3v) is 9.26. The number of carbonyl (C=O) groups is 6. The topological polar surface area (TPSA) is 196 Å². The Morgan fingerprint density at radius 1 is 1.07 bits per heavy atom. The van der Waals surface area contributed by atoms with Gasteiger partial charge in [-0.2, -0.15) is 0 Å². The molecule has 12 nitrogen and oxygen atoms in total. The molecule has 0 aliphatic heterocycles. The molecule has 0 saturated heterocycles. The van der Waals surface area contributed by atoms with Crippen LogP contribution in [0.25, 0.3) is 11.1 Å². The van der Waals surface area contributed by atoms with Crippen molar-refractivity contribution in [2.24, 2.45) is 29.4 Å². The highest BCUT2D eigenvalue weighted by atomic mass is 35.5. The molecule has 44 heavy (non-hydrogen) atoms. The van der Waals surface area contributed by atoms with E-state index in [4.69, 9.17) is 17.3 Å². The van der Waals surface area contributed by atoms with Gasteiger partial charge in [0.25, 0.3) is 0 Å². The highest BCUT2D eigenvalue weighted by Gasteiger charge is 2.69. The zero-order chi connectivity index (χ0) is 32.1. The fourth-order valence-electron chi connectivity index (χ4n) is 7.05. The minimum atomic E-state index is -2.77. The maximum atomic E-state index is 14.0. The Kier molecular flexibility index (Phi) is 8.36. The summed E-state index contributed by atoms with van der Waals surface area (Å²) < 4.78 is 0. The largest absolute Gasteiger partial charge is 0.507 e. The van der Waals surface area contributed by atoms with Gasteiger partial charge in [-0.25, -0.2) is 4.79 Å². The maximum absolute atomic E-state index is 14.0. The second-order valence-electron chi connectivity index (χ2n) is 11.8. The number of fused-ring (bicyclic) bond motifs is 3. The van der Waals surface area contributed by atoms with Crippen molar-refractivity contribution >= 4 is 52.4 Å². The van der Waals surface area contributed by atoms with Gasteiger partial charge >= 0.3 is 6.03 Å². The number of alkyl halides is 1. The van der Waals surface area contributed by atoms with Gasteiger partial charge in [0.15, 0.2) is 34.7 Å². The van der Waals surface area contributed by atoms with Crippen LogP contribution in [0.15, 0.2) is 36.4 Å². The number of rotatable bonds is 7. The van der Waals surface area contributed by atoms with Crippen LogP contribution >= 0.6 is 11.6 Å². The molecule has 0 heterocycles. The zero-order valence-corrected chi connectivity index (χ0v) is 24.9. The number of ketones is 4. The minimum absolute atomic E-state index is 0.0410. The van der Waals surface area contributed by atoms with E-state index in [1.54, 1.807) is 30.3 Å². The van der Waals surface area contributed by atoms with Gasteiger partial charge in [-0.15, -0.1) is 11.6 Å². The molecule has 2 unspecified atom stereocenters. The lowest BCUT2D eigenvalue weighted by Crippen LogP contribution is -2.74. The van der Waals surface area contributed by atoms with Crippen molar-refractivity contribution in [3.63, 3.8) is 0 Å². The normalized spacial score (nSPS) is 27.8. The summed E-state index contributed by atoms with van der Waals surface area (Å²) in [6, 6.07) is 8.28. The number of hydrogen-bond acceptors (Lipinski definition) is 9. The van der Waals surface area contributed by atoms with E-state index in [2.05, 4.69) is 10.6 Å². The highest BCUT2D eigenvalue weighted by Crippen LogP contribution is 2.51. The number of nitrogens with zero attached hydrogens (tertiary/aromatic N) is 1. The number of aliphatic hydroxyl groups is 1. The van der Waals surface area contributed by atoms with Crippen LogP contribution in [0.4, 0.5) is 10.5 Å². The SMILES string of the molecule is CN(C)[C@@H]1C(=O)C(C(N)=O)C(=O)[C@@]2(O)C(=O)C3C(=O)c4c(O)ccc(-c5ccc(NC(=O)NCCCCl)cc5)c4C[C@H]3C[C@@H]12. The monoisotopic (exact) mass is 624 g/mol. The van der Waals surface area contributed by atoms with Crippen molar-refractivity contribution in [2.75, 3.05) is 31.8 Å². The van der Waals surface area contributed by atoms with E-state index in [9.17, 15) is 39.0 Å². The summed E-state index contributed by atoms with van der Waals surface area (Å²) in [5, 5.41) is 27.9. The van der Waals surface area contributed by atoms with Crippen molar-refractivity contribution in [3.05, 3.63) is 47.5 Å². The van der Waals surface area contributed by atoms with Gasteiger partial charge in [0, 0.05) is 24.0 Å². The molecule has 3 aliphatic carbocycles. The van der Waals surface area contributed by atoms with Gasteiger partial charge in [0.2, 0.25) is 5.91 Å². The molecule has 3 aliphatic rings. The first-order valence-electron chi connectivity index (χ1n) is 14.2. The summed E-state index contributed by atoms with van der Waals surface area (Å²) in [7, 11) is 3.07. The molecule has 0 aromatic heterocycles. The molecule has 2 saturated carbocycles. The maximum Gasteiger partial charge on any atom is 0.319 e. The third-order valence-electron chi connectivity index (χ3n) is 8.99. The number of urea groups is 1. The zero-order valence-electron chi connectivity index (χ0n) is 24.1. The molecule has 2 fully saturated rings. The third kappa shape index (κ3) is 4.96. The summed E-state index contributed by atoms with van der Waals surface area (Å²) in [6.07, 6.45) is 0.724. The van der Waals surface area contributed by atoms with E-state index in [1.807, 2.05) is 0 Å². The van der Waals surface area contributed by atoms with Gasteiger partial charge < -0.3 is 26.6 Å². The number of benzene rings is 2. The summed E-state index contributed by atoms with van der Waals surface area (Å²) >= 11 is 5.64. The van der Waals surface area contributed by atoms with Crippen molar-refractivity contribution in [1.82, 2.24) is 10.2 Å². The Labute approximate surface area is 257 Å². The van der Waals surface area contributed by atoms with E-state index in [0.29, 0.717) is 41.2 Å². The summed E-state index contributed by atoms with van der Waals surface area (Å²) in [5.41, 5.74) is 4.80. The van der Waals surface area contributed by atoms with Crippen molar-refractivity contribution < 1.29 is 39.0 Å². The number of phenolic OH excluding ortho intramolecular Hbond substituents is 1. The molecule has 6 N–H and O–H groups in total. The number of primary amides is 1. The van der Waals surface area contributed by atoms with Gasteiger partial charge in [0.05, 0.1) is 17.5 Å². The number of Topliss-reactive ketones (excluding diaryl/α,β-unsaturated/α-hetero) is 4. The molecule has 0 radical (unpaired) electrons. The number of nitrogens with one attached hydrogen (secondary N) is 2. The fourth-order valence-corrected chi connectivity index (χ4v) is 7.19. The molecule has 13 heteroatoms. The number of halogens is 1. The number of amides is 3. The van der Waals surface area contributed by atoms with E-state index in [-0.39, 0.29) is 30.2 Å².